The zero-order valence-electron chi connectivity index (χ0n) is 11.0. The van der Waals surface area contributed by atoms with Gasteiger partial charge in [0.1, 0.15) is 6.04 Å². The van der Waals surface area contributed by atoms with Crippen molar-refractivity contribution < 1.29 is 9.90 Å². The van der Waals surface area contributed by atoms with Crippen molar-refractivity contribution in [1.82, 2.24) is 9.88 Å². The predicted octanol–water partition coefficient (Wildman–Crippen LogP) is 2.22. The minimum absolute atomic E-state index is 0.402. The van der Waals surface area contributed by atoms with Gasteiger partial charge in [0.05, 0.1) is 5.69 Å². The average Bonchev–Trinajstić information content (AvgIpc) is 2.27. The van der Waals surface area contributed by atoms with E-state index < -0.39 is 12.0 Å². The number of pyridine rings is 1. The molecule has 0 radical (unpaired) electrons. The van der Waals surface area contributed by atoms with E-state index in [1.165, 1.54) is 6.42 Å². The summed E-state index contributed by atoms with van der Waals surface area (Å²) in [5.41, 5.74) is 2.07. The van der Waals surface area contributed by atoms with Gasteiger partial charge in [-0.3, -0.25) is 14.7 Å². The third kappa shape index (κ3) is 2.88. The molecule has 1 fully saturated rings. The third-order valence-corrected chi connectivity index (χ3v) is 3.72. The van der Waals surface area contributed by atoms with E-state index in [1.54, 1.807) is 6.92 Å². The molecule has 4 nitrogen and oxygen atoms in total. The Morgan fingerprint density at radius 1 is 1.56 bits per heavy atom. The lowest BCUT2D eigenvalue weighted by molar-refractivity contribution is -0.144. The zero-order valence-corrected chi connectivity index (χ0v) is 11.0. The Bertz CT molecular complexity index is 412. The molecule has 0 aromatic carbocycles. The van der Waals surface area contributed by atoms with Gasteiger partial charge in [-0.15, -0.1) is 0 Å². The van der Waals surface area contributed by atoms with Crippen LogP contribution in [0.2, 0.25) is 0 Å². The molecule has 0 aliphatic heterocycles. The molecule has 1 aliphatic carbocycles. The van der Waals surface area contributed by atoms with Crippen molar-refractivity contribution in [2.24, 2.45) is 0 Å². The highest BCUT2D eigenvalue weighted by Crippen LogP contribution is 2.27. The third-order valence-electron chi connectivity index (χ3n) is 3.72. The Morgan fingerprint density at radius 2 is 2.28 bits per heavy atom. The molecule has 4 heteroatoms. The second-order valence-electron chi connectivity index (χ2n) is 5.10. The number of rotatable bonds is 5. The summed E-state index contributed by atoms with van der Waals surface area (Å²) in [4.78, 5) is 17.6. The van der Waals surface area contributed by atoms with Crippen LogP contribution in [0.15, 0.2) is 18.3 Å². The first-order valence-electron chi connectivity index (χ1n) is 6.48. The van der Waals surface area contributed by atoms with Crippen molar-refractivity contribution in [2.45, 2.75) is 51.7 Å². The Labute approximate surface area is 108 Å². The number of hydrogen-bond donors (Lipinski definition) is 1. The topological polar surface area (TPSA) is 53.4 Å². The molecule has 2 rings (SSSR count). The van der Waals surface area contributed by atoms with Gasteiger partial charge < -0.3 is 5.11 Å². The highest BCUT2D eigenvalue weighted by atomic mass is 16.4. The molecule has 1 unspecified atom stereocenters. The summed E-state index contributed by atoms with van der Waals surface area (Å²) in [5, 5.41) is 9.18. The summed E-state index contributed by atoms with van der Waals surface area (Å²) in [6.45, 7) is 4.38. The smallest absolute Gasteiger partial charge is 0.320 e. The number of aryl methyl sites for hydroxylation is 1. The maximum Gasteiger partial charge on any atom is 0.320 e. The second kappa shape index (κ2) is 5.48. The van der Waals surface area contributed by atoms with Crippen LogP contribution in [0.1, 0.15) is 37.4 Å². The zero-order chi connectivity index (χ0) is 13.1. The van der Waals surface area contributed by atoms with Crippen molar-refractivity contribution >= 4 is 5.97 Å². The molecule has 1 N–H and O–H groups in total. The molecule has 0 amide bonds. The van der Waals surface area contributed by atoms with Crippen molar-refractivity contribution in [3.8, 4) is 0 Å². The molecular formula is C14H20N2O2. The summed E-state index contributed by atoms with van der Waals surface area (Å²) < 4.78 is 0. The SMILES string of the molecule is Cc1ccc(CN(C2CCC2)C(C)C(=O)O)nc1. The molecule has 1 aliphatic rings. The fourth-order valence-electron chi connectivity index (χ4n) is 2.22. The quantitative estimate of drug-likeness (QED) is 0.868. The van der Waals surface area contributed by atoms with Crippen LogP contribution in [-0.4, -0.2) is 33.0 Å². The first kappa shape index (κ1) is 13.0. The molecule has 1 aromatic heterocycles. The van der Waals surface area contributed by atoms with E-state index >= 15 is 0 Å². The fraction of sp³-hybridized carbons (Fsp3) is 0.571. The number of aromatic nitrogens is 1. The van der Waals surface area contributed by atoms with E-state index in [1.807, 2.05) is 25.3 Å². The lowest BCUT2D eigenvalue weighted by Gasteiger charge is -2.39. The van der Waals surface area contributed by atoms with Crippen molar-refractivity contribution in [1.29, 1.82) is 0 Å². The number of carboxylic acids is 1. The molecule has 98 valence electrons. The monoisotopic (exact) mass is 248 g/mol. The number of carboxylic acid groups (broad SMARTS) is 1. The number of carbonyl (C=O) groups is 1. The van der Waals surface area contributed by atoms with Gasteiger partial charge >= 0.3 is 5.97 Å². The van der Waals surface area contributed by atoms with Crippen LogP contribution >= 0.6 is 0 Å². The lowest BCUT2D eigenvalue weighted by Crippen LogP contribution is -2.48. The summed E-state index contributed by atoms with van der Waals surface area (Å²) in [7, 11) is 0. The summed E-state index contributed by atoms with van der Waals surface area (Å²) in [6.07, 6.45) is 5.24. The maximum absolute atomic E-state index is 11.2. The van der Waals surface area contributed by atoms with E-state index in [2.05, 4.69) is 9.88 Å². The minimum atomic E-state index is -0.756. The van der Waals surface area contributed by atoms with Crippen molar-refractivity contribution in [2.75, 3.05) is 0 Å². The van der Waals surface area contributed by atoms with E-state index in [4.69, 9.17) is 0 Å². The number of nitrogens with zero attached hydrogens (tertiary/aromatic N) is 2. The Kier molecular flexibility index (Phi) is 3.97. The predicted molar refractivity (Wildman–Crippen MR) is 69.3 cm³/mol. The van der Waals surface area contributed by atoms with Crippen molar-refractivity contribution in [3.63, 3.8) is 0 Å². The van der Waals surface area contributed by atoms with Crippen LogP contribution in [0.3, 0.4) is 0 Å². The van der Waals surface area contributed by atoms with Gasteiger partial charge in [0, 0.05) is 18.8 Å². The van der Waals surface area contributed by atoms with Crippen molar-refractivity contribution in [3.05, 3.63) is 29.6 Å². The fourth-order valence-corrected chi connectivity index (χ4v) is 2.22. The molecule has 1 aromatic rings. The summed E-state index contributed by atoms with van der Waals surface area (Å²) in [6, 6.07) is 3.96. The van der Waals surface area contributed by atoms with E-state index in [0.29, 0.717) is 12.6 Å². The summed E-state index contributed by atoms with van der Waals surface area (Å²) in [5.74, 6) is -0.756. The highest BCUT2D eigenvalue weighted by molar-refractivity contribution is 5.72. The van der Waals surface area contributed by atoms with Gasteiger partial charge in [-0.1, -0.05) is 12.5 Å². The van der Waals surface area contributed by atoms with E-state index in [0.717, 1.165) is 24.1 Å². The Morgan fingerprint density at radius 3 is 2.72 bits per heavy atom. The van der Waals surface area contributed by atoms with Crippen LogP contribution < -0.4 is 0 Å². The molecular weight excluding hydrogens is 228 g/mol. The molecule has 1 saturated carbocycles. The van der Waals surface area contributed by atoms with Gasteiger partial charge in [-0.2, -0.15) is 0 Å². The maximum atomic E-state index is 11.2. The number of aliphatic carboxylic acids is 1. The molecule has 0 saturated heterocycles. The van der Waals surface area contributed by atoms with Crippen LogP contribution in [-0.2, 0) is 11.3 Å². The molecule has 0 bridgehead atoms. The standard InChI is InChI=1S/C14H20N2O2/c1-10-6-7-12(15-8-10)9-16(11(2)14(17)18)13-4-3-5-13/h6-8,11,13H,3-5,9H2,1-2H3,(H,17,18). The van der Waals surface area contributed by atoms with Crippen LogP contribution in [0.5, 0.6) is 0 Å². The molecule has 18 heavy (non-hydrogen) atoms. The average molecular weight is 248 g/mol. The highest BCUT2D eigenvalue weighted by Gasteiger charge is 2.31. The first-order valence-corrected chi connectivity index (χ1v) is 6.48. The number of hydrogen-bond acceptors (Lipinski definition) is 3. The van der Waals surface area contributed by atoms with Crippen LogP contribution in [0, 0.1) is 6.92 Å². The molecule has 1 atom stereocenters. The summed E-state index contributed by atoms with van der Waals surface area (Å²) >= 11 is 0. The lowest BCUT2D eigenvalue weighted by atomic mass is 9.90. The van der Waals surface area contributed by atoms with Crippen LogP contribution in [0.4, 0.5) is 0 Å². The van der Waals surface area contributed by atoms with Gasteiger partial charge in [0.25, 0.3) is 0 Å². The Balaban J connectivity index is 2.09. The Hall–Kier alpha value is -1.42. The second-order valence-corrected chi connectivity index (χ2v) is 5.10. The van der Waals surface area contributed by atoms with Gasteiger partial charge in [0.15, 0.2) is 0 Å². The first-order chi connectivity index (χ1) is 8.58. The largest absolute Gasteiger partial charge is 0.480 e. The van der Waals surface area contributed by atoms with Gasteiger partial charge in [-0.05, 0) is 38.3 Å². The minimum Gasteiger partial charge on any atom is -0.480 e. The van der Waals surface area contributed by atoms with Crippen LogP contribution in [0.25, 0.3) is 0 Å². The van der Waals surface area contributed by atoms with E-state index in [-0.39, 0.29) is 0 Å². The normalized spacial score (nSPS) is 17.5. The van der Waals surface area contributed by atoms with E-state index in [9.17, 15) is 9.90 Å². The van der Waals surface area contributed by atoms with Gasteiger partial charge in [-0.25, -0.2) is 0 Å². The molecule has 1 heterocycles. The van der Waals surface area contributed by atoms with Gasteiger partial charge in [0.2, 0.25) is 0 Å². The molecule has 0 spiro atoms.